The van der Waals surface area contributed by atoms with Crippen molar-refractivity contribution >= 4 is 22.9 Å². The van der Waals surface area contributed by atoms with Gasteiger partial charge in [-0.3, -0.25) is 9.78 Å². The van der Waals surface area contributed by atoms with Crippen molar-refractivity contribution < 1.29 is 4.79 Å². The second-order valence-corrected chi connectivity index (χ2v) is 6.87. The van der Waals surface area contributed by atoms with Crippen LogP contribution >= 0.6 is 11.3 Å². The van der Waals surface area contributed by atoms with Crippen LogP contribution in [-0.2, 0) is 11.2 Å². The molecule has 1 fully saturated rings. The average molecular weight is 341 g/mol. The molecular formula is C17H19N5OS. The number of hydrogen-bond acceptors (Lipinski definition) is 6. The van der Waals surface area contributed by atoms with Crippen molar-refractivity contribution in [2.45, 2.75) is 24.9 Å². The van der Waals surface area contributed by atoms with E-state index in [1.807, 2.05) is 23.6 Å². The van der Waals surface area contributed by atoms with Crippen LogP contribution in [0.15, 0.2) is 36.0 Å². The highest BCUT2D eigenvalue weighted by molar-refractivity contribution is 7.09. The second-order valence-electron chi connectivity index (χ2n) is 5.83. The lowest BCUT2D eigenvalue weighted by Gasteiger charge is -2.20. The maximum Gasteiger partial charge on any atom is 0.237 e. The van der Waals surface area contributed by atoms with Crippen molar-refractivity contribution in [3.8, 4) is 6.07 Å². The number of anilines is 1. The molecular weight excluding hydrogens is 322 g/mol. The fraction of sp³-hybridized carbons (Fsp3) is 0.353. The predicted octanol–water partition coefficient (Wildman–Crippen LogP) is 1.28. The van der Waals surface area contributed by atoms with Gasteiger partial charge in [-0.25, -0.2) is 0 Å². The Labute approximate surface area is 144 Å². The molecule has 124 valence electrons. The van der Waals surface area contributed by atoms with Crippen molar-refractivity contribution in [3.05, 3.63) is 46.4 Å². The molecule has 2 aromatic heterocycles. The summed E-state index contributed by atoms with van der Waals surface area (Å²) in [4.78, 5) is 19.5. The third kappa shape index (κ3) is 3.72. The summed E-state index contributed by atoms with van der Waals surface area (Å²) < 4.78 is 0. The Kier molecular flexibility index (Phi) is 5.08. The molecule has 1 aliphatic heterocycles. The van der Waals surface area contributed by atoms with Gasteiger partial charge in [-0.1, -0.05) is 6.07 Å². The summed E-state index contributed by atoms with van der Waals surface area (Å²) in [6.07, 6.45) is 4.64. The van der Waals surface area contributed by atoms with Crippen LogP contribution in [0.5, 0.6) is 0 Å². The molecule has 0 radical (unpaired) electrons. The summed E-state index contributed by atoms with van der Waals surface area (Å²) in [5, 5.41) is 14.2. The standard InChI is InChI=1S/C17H19N5OS/c18-9-12-10-20-5-3-16(12)22-6-4-13(11-22)21-17(23)15(19)8-14-2-1-7-24-14/h1-3,5,7,10,13,15H,4,6,8,11,19H2,(H,21,23). The van der Waals surface area contributed by atoms with Crippen molar-refractivity contribution in [2.24, 2.45) is 5.73 Å². The molecule has 0 aliphatic carbocycles. The van der Waals surface area contributed by atoms with Gasteiger partial charge in [0, 0.05) is 42.8 Å². The monoisotopic (exact) mass is 341 g/mol. The van der Waals surface area contributed by atoms with E-state index in [-0.39, 0.29) is 11.9 Å². The quantitative estimate of drug-likeness (QED) is 0.854. The van der Waals surface area contributed by atoms with Crippen LogP contribution in [0.3, 0.4) is 0 Å². The summed E-state index contributed by atoms with van der Waals surface area (Å²) >= 11 is 1.61. The zero-order valence-corrected chi connectivity index (χ0v) is 14.0. The van der Waals surface area contributed by atoms with Crippen LogP contribution < -0.4 is 16.0 Å². The van der Waals surface area contributed by atoms with E-state index < -0.39 is 6.04 Å². The first kappa shape index (κ1) is 16.4. The van der Waals surface area contributed by atoms with Gasteiger partial charge < -0.3 is 16.0 Å². The molecule has 0 spiro atoms. The molecule has 7 heteroatoms. The number of nitrogens with zero attached hydrogens (tertiary/aromatic N) is 3. The summed E-state index contributed by atoms with van der Waals surface area (Å²) in [6, 6.07) is 7.46. The van der Waals surface area contributed by atoms with Gasteiger partial charge in [0.05, 0.1) is 17.3 Å². The number of nitriles is 1. The maximum atomic E-state index is 12.3. The fourth-order valence-electron chi connectivity index (χ4n) is 2.89. The lowest BCUT2D eigenvalue weighted by Crippen LogP contribution is -2.47. The highest BCUT2D eigenvalue weighted by Gasteiger charge is 2.27. The van der Waals surface area contributed by atoms with Crippen molar-refractivity contribution in [2.75, 3.05) is 18.0 Å². The molecule has 24 heavy (non-hydrogen) atoms. The largest absolute Gasteiger partial charge is 0.368 e. The second kappa shape index (κ2) is 7.43. The molecule has 6 nitrogen and oxygen atoms in total. The SMILES string of the molecule is N#Cc1cnccc1N1CCC(NC(=O)C(N)Cc2cccs2)C1. The summed E-state index contributed by atoms with van der Waals surface area (Å²) in [6.45, 7) is 1.47. The molecule has 2 atom stereocenters. The number of hydrogen-bond donors (Lipinski definition) is 2. The predicted molar refractivity (Wildman–Crippen MR) is 93.7 cm³/mol. The van der Waals surface area contributed by atoms with E-state index in [4.69, 9.17) is 5.73 Å². The first-order chi connectivity index (χ1) is 11.7. The van der Waals surface area contributed by atoms with Gasteiger partial charge >= 0.3 is 0 Å². The zero-order valence-electron chi connectivity index (χ0n) is 13.2. The van der Waals surface area contributed by atoms with E-state index in [2.05, 4.69) is 21.3 Å². The lowest BCUT2D eigenvalue weighted by atomic mass is 10.1. The molecule has 3 rings (SSSR count). The van der Waals surface area contributed by atoms with Crippen LogP contribution in [0.1, 0.15) is 16.9 Å². The van der Waals surface area contributed by atoms with Gasteiger partial charge in [-0.15, -0.1) is 11.3 Å². The molecule has 0 saturated carbocycles. The Morgan fingerprint density at radius 2 is 2.46 bits per heavy atom. The highest BCUT2D eigenvalue weighted by atomic mass is 32.1. The van der Waals surface area contributed by atoms with E-state index >= 15 is 0 Å². The van der Waals surface area contributed by atoms with Crippen molar-refractivity contribution in [1.82, 2.24) is 10.3 Å². The highest BCUT2D eigenvalue weighted by Crippen LogP contribution is 2.23. The molecule has 0 bridgehead atoms. The maximum absolute atomic E-state index is 12.3. The third-order valence-corrected chi connectivity index (χ3v) is 5.03. The number of carbonyl (C=O) groups is 1. The number of carbonyl (C=O) groups excluding carboxylic acids is 1. The first-order valence-corrected chi connectivity index (χ1v) is 8.72. The average Bonchev–Trinajstić information content (AvgIpc) is 3.26. The first-order valence-electron chi connectivity index (χ1n) is 7.85. The minimum Gasteiger partial charge on any atom is -0.368 e. The third-order valence-electron chi connectivity index (χ3n) is 4.13. The zero-order chi connectivity index (χ0) is 16.9. The van der Waals surface area contributed by atoms with Crippen LogP contribution in [-0.4, -0.2) is 36.1 Å². The van der Waals surface area contributed by atoms with Gasteiger partial charge in [-0.05, 0) is 23.9 Å². The smallest absolute Gasteiger partial charge is 0.237 e. The number of rotatable bonds is 5. The minimum atomic E-state index is -0.534. The lowest BCUT2D eigenvalue weighted by molar-refractivity contribution is -0.122. The fourth-order valence-corrected chi connectivity index (χ4v) is 3.66. The van der Waals surface area contributed by atoms with Crippen molar-refractivity contribution in [3.63, 3.8) is 0 Å². The Morgan fingerprint density at radius 3 is 3.21 bits per heavy atom. The van der Waals surface area contributed by atoms with Crippen LogP contribution in [0.2, 0.25) is 0 Å². The van der Waals surface area contributed by atoms with Crippen LogP contribution in [0.25, 0.3) is 0 Å². The number of pyridine rings is 1. The number of amides is 1. The Bertz CT molecular complexity index is 740. The summed E-state index contributed by atoms with van der Waals surface area (Å²) in [5.74, 6) is -0.120. The molecule has 1 saturated heterocycles. The normalized spacial score (nSPS) is 18.2. The Morgan fingerprint density at radius 1 is 1.58 bits per heavy atom. The van der Waals surface area contributed by atoms with E-state index in [0.717, 1.165) is 23.5 Å². The summed E-state index contributed by atoms with van der Waals surface area (Å²) in [7, 11) is 0. The molecule has 3 N–H and O–H groups in total. The molecule has 1 aliphatic rings. The van der Waals surface area contributed by atoms with Gasteiger partial charge in [0.2, 0.25) is 5.91 Å². The number of nitrogens with two attached hydrogens (primary N) is 1. The van der Waals surface area contributed by atoms with Crippen molar-refractivity contribution in [1.29, 1.82) is 5.26 Å². The molecule has 2 unspecified atom stereocenters. The van der Waals surface area contributed by atoms with E-state index in [1.165, 1.54) is 0 Å². The molecule has 1 amide bonds. The number of aromatic nitrogens is 1. The van der Waals surface area contributed by atoms with Gasteiger partial charge in [0.25, 0.3) is 0 Å². The van der Waals surface area contributed by atoms with Gasteiger partial charge in [0.15, 0.2) is 0 Å². The van der Waals surface area contributed by atoms with Crippen LogP contribution in [0.4, 0.5) is 5.69 Å². The number of thiophene rings is 1. The van der Waals surface area contributed by atoms with E-state index in [1.54, 1.807) is 23.7 Å². The number of nitrogens with one attached hydrogen (secondary N) is 1. The van der Waals surface area contributed by atoms with Crippen LogP contribution in [0, 0.1) is 11.3 Å². The van der Waals surface area contributed by atoms with E-state index in [0.29, 0.717) is 18.5 Å². The minimum absolute atomic E-state index is 0.0478. The molecule has 3 heterocycles. The summed E-state index contributed by atoms with van der Waals surface area (Å²) in [5.41, 5.74) is 7.43. The Hall–Kier alpha value is -2.43. The van der Waals surface area contributed by atoms with Gasteiger partial charge in [-0.2, -0.15) is 5.26 Å². The van der Waals surface area contributed by atoms with Gasteiger partial charge in [0.1, 0.15) is 6.07 Å². The molecule has 0 aromatic carbocycles. The molecule has 2 aromatic rings. The van der Waals surface area contributed by atoms with E-state index in [9.17, 15) is 10.1 Å². The topological polar surface area (TPSA) is 95.0 Å². The Balaban J connectivity index is 1.56.